The van der Waals surface area contributed by atoms with Crippen molar-refractivity contribution >= 4 is 21.6 Å². The van der Waals surface area contributed by atoms with Crippen molar-refractivity contribution in [1.82, 2.24) is 4.98 Å². The summed E-state index contributed by atoms with van der Waals surface area (Å²) >= 11 is 3.45. The van der Waals surface area contributed by atoms with Crippen molar-refractivity contribution in [2.75, 3.05) is 5.73 Å². The number of hydrogen-bond donors (Lipinski definition) is 1. The van der Waals surface area contributed by atoms with Crippen LogP contribution >= 0.6 is 15.9 Å². The summed E-state index contributed by atoms with van der Waals surface area (Å²) in [5, 5.41) is 0. The molecule has 0 aliphatic heterocycles. The fourth-order valence-corrected chi connectivity index (χ4v) is 2.26. The van der Waals surface area contributed by atoms with E-state index in [1.807, 2.05) is 48.5 Å². The van der Waals surface area contributed by atoms with Gasteiger partial charge in [0.15, 0.2) is 0 Å². The maximum absolute atomic E-state index is 5.76. The Kier molecular flexibility index (Phi) is 3.09. The summed E-state index contributed by atoms with van der Waals surface area (Å²) in [4.78, 5) is 4.49. The van der Waals surface area contributed by atoms with Crippen molar-refractivity contribution in [3.8, 4) is 22.7 Å². The summed E-state index contributed by atoms with van der Waals surface area (Å²) in [6, 6.07) is 15.4. The molecule has 0 unspecified atom stereocenters. The van der Waals surface area contributed by atoms with E-state index in [0.29, 0.717) is 11.6 Å². The van der Waals surface area contributed by atoms with E-state index in [-0.39, 0.29) is 0 Å². The Labute approximate surface area is 119 Å². The SMILES string of the molecule is Nc1cccc(-c2nc(-c3cccc(Br)c3)co2)c1. The summed E-state index contributed by atoms with van der Waals surface area (Å²) in [5.74, 6) is 0.572. The van der Waals surface area contributed by atoms with Crippen LogP contribution in [0.25, 0.3) is 22.7 Å². The number of nitrogen functional groups attached to an aromatic ring is 1. The highest BCUT2D eigenvalue weighted by molar-refractivity contribution is 9.10. The van der Waals surface area contributed by atoms with Crippen LogP contribution in [0.2, 0.25) is 0 Å². The van der Waals surface area contributed by atoms with Crippen LogP contribution in [0.1, 0.15) is 0 Å². The smallest absolute Gasteiger partial charge is 0.226 e. The van der Waals surface area contributed by atoms with Crippen LogP contribution in [0.3, 0.4) is 0 Å². The molecule has 3 aromatic rings. The molecule has 0 aliphatic rings. The Balaban J connectivity index is 2.00. The highest BCUT2D eigenvalue weighted by atomic mass is 79.9. The standard InChI is InChI=1S/C15H11BrN2O/c16-12-5-1-3-10(7-12)14-9-19-15(18-14)11-4-2-6-13(17)8-11/h1-9H,17H2. The Hall–Kier alpha value is -2.07. The Morgan fingerprint density at radius 3 is 2.58 bits per heavy atom. The first-order valence-electron chi connectivity index (χ1n) is 5.80. The number of rotatable bonds is 2. The summed E-state index contributed by atoms with van der Waals surface area (Å²) in [6.07, 6.45) is 1.65. The molecule has 0 saturated carbocycles. The number of halogens is 1. The number of hydrogen-bond acceptors (Lipinski definition) is 3. The van der Waals surface area contributed by atoms with E-state index in [1.165, 1.54) is 0 Å². The molecular formula is C15H11BrN2O. The molecule has 4 heteroatoms. The molecule has 0 amide bonds. The second kappa shape index (κ2) is 4.90. The molecule has 1 heterocycles. The first-order chi connectivity index (χ1) is 9.22. The van der Waals surface area contributed by atoms with Gasteiger partial charge in [-0.1, -0.05) is 34.1 Å². The fourth-order valence-electron chi connectivity index (χ4n) is 1.86. The Morgan fingerprint density at radius 2 is 1.79 bits per heavy atom. The number of aromatic nitrogens is 1. The number of nitrogens with zero attached hydrogens (tertiary/aromatic N) is 1. The van der Waals surface area contributed by atoms with Gasteiger partial charge in [0.25, 0.3) is 0 Å². The summed E-state index contributed by atoms with van der Waals surface area (Å²) in [5.41, 5.74) is 9.14. The minimum atomic E-state index is 0.572. The fraction of sp³-hybridized carbons (Fsp3) is 0. The van der Waals surface area contributed by atoms with Crippen molar-refractivity contribution < 1.29 is 4.42 Å². The lowest BCUT2D eigenvalue weighted by molar-refractivity contribution is 0.575. The zero-order valence-corrected chi connectivity index (χ0v) is 11.6. The number of nitrogens with two attached hydrogens (primary N) is 1. The molecule has 3 rings (SSSR count). The van der Waals surface area contributed by atoms with Crippen molar-refractivity contribution in [3.63, 3.8) is 0 Å². The molecule has 0 radical (unpaired) electrons. The van der Waals surface area contributed by atoms with Gasteiger partial charge in [-0.05, 0) is 30.3 Å². The van der Waals surface area contributed by atoms with Crippen LogP contribution in [0.15, 0.2) is 63.7 Å². The van der Waals surface area contributed by atoms with Gasteiger partial charge in [0.2, 0.25) is 5.89 Å². The summed E-state index contributed by atoms with van der Waals surface area (Å²) in [6.45, 7) is 0. The second-order valence-electron chi connectivity index (χ2n) is 4.17. The average molecular weight is 315 g/mol. The van der Waals surface area contributed by atoms with Crippen LogP contribution in [-0.2, 0) is 0 Å². The zero-order chi connectivity index (χ0) is 13.2. The van der Waals surface area contributed by atoms with E-state index in [0.717, 1.165) is 21.3 Å². The van der Waals surface area contributed by atoms with Crippen LogP contribution in [0, 0.1) is 0 Å². The summed E-state index contributed by atoms with van der Waals surface area (Å²) in [7, 11) is 0. The number of oxazole rings is 1. The molecule has 94 valence electrons. The molecule has 0 saturated heterocycles. The topological polar surface area (TPSA) is 52.0 Å². The molecule has 2 aromatic carbocycles. The van der Waals surface area contributed by atoms with Crippen molar-refractivity contribution in [1.29, 1.82) is 0 Å². The van der Waals surface area contributed by atoms with Gasteiger partial charge in [-0.2, -0.15) is 0 Å². The number of benzene rings is 2. The zero-order valence-electron chi connectivity index (χ0n) is 10.0. The van der Waals surface area contributed by atoms with Gasteiger partial charge < -0.3 is 10.2 Å². The third-order valence-electron chi connectivity index (χ3n) is 2.76. The van der Waals surface area contributed by atoms with E-state index in [9.17, 15) is 0 Å². The lowest BCUT2D eigenvalue weighted by Crippen LogP contribution is -1.85. The molecule has 3 nitrogen and oxygen atoms in total. The van der Waals surface area contributed by atoms with Crippen molar-refractivity contribution in [3.05, 3.63) is 59.3 Å². The molecule has 19 heavy (non-hydrogen) atoms. The van der Waals surface area contributed by atoms with E-state index in [4.69, 9.17) is 10.2 Å². The minimum Gasteiger partial charge on any atom is -0.444 e. The molecule has 0 aliphatic carbocycles. The van der Waals surface area contributed by atoms with Gasteiger partial charge in [-0.25, -0.2) is 4.98 Å². The summed E-state index contributed by atoms with van der Waals surface area (Å²) < 4.78 is 6.53. The quantitative estimate of drug-likeness (QED) is 0.715. The van der Waals surface area contributed by atoms with Gasteiger partial charge in [-0.3, -0.25) is 0 Å². The van der Waals surface area contributed by atoms with Crippen LogP contribution < -0.4 is 5.73 Å². The third kappa shape index (κ3) is 2.53. The van der Waals surface area contributed by atoms with Gasteiger partial charge in [0, 0.05) is 21.3 Å². The Bertz CT molecular complexity index is 661. The monoisotopic (exact) mass is 314 g/mol. The van der Waals surface area contributed by atoms with Gasteiger partial charge in [-0.15, -0.1) is 0 Å². The van der Waals surface area contributed by atoms with Crippen LogP contribution in [0.4, 0.5) is 5.69 Å². The molecule has 0 fully saturated rings. The van der Waals surface area contributed by atoms with E-state index < -0.39 is 0 Å². The van der Waals surface area contributed by atoms with E-state index in [2.05, 4.69) is 20.9 Å². The van der Waals surface area contributed by atoms with Crippen LogP contribution in [0.5, 0.6) is 0 Å². The largest absolute Gasteiger partial charge is 0.444 e. The minimum absolute atomic E-state index is 0.572. The second-order valence-corrected chi connectivity index (χ2v) is 5.09. The lowest BCUT2D eigenvalue weighted by atomic mass is 10.2. The van der Waals surface area contributed by atoms with Gasteiger partial charge in [0.1, 0.15) is 12.0 Å². The number of anilines is 1. The van der Waals surface area contributed by atoms with Crippen molar-refractivity contribution in [2.24, 2.45) is 0 Å². The molecule has 0 atom stereocenters. The first kappa shape index (κ1) is 12.0. The maximum Gasteiger partial charge on any atom is 0.226 e. The highest BCUT2D eigenvalue weighted by Crippen LogP contribution is 2.27. The molecule has 2 N–H and O–H groups in total. The van der Waals surface area contributed by atoms with Gasteiger partial charge in [0.05, 0.1) is 0 Å². The molecular weight excluding hydrogens is 304 g/mol. The molecule has 0 bridgehead atoms. The van der Waals surface area contributed by atoms with E-state index >= 15 is 0 Å². The highest BCUT2D eigenvalue weighted by Gasteiger charge is 2.08. The molecule has 0 spiro atoms. The van der Waals surface area contributed by atoms with Gasteiger partial charge >= 0.3 is 0 Å². The predicted octanol–water partition coefficient (Wildman–Crippen LogP) is 4.35. The first-order valence-corrected chi connectivity index (χ1v) is 6.59. The van der Waals surface area contributed by atoms with Crippen LogP contribution in [-0.4, -0.2) is 4.98 Å². The van der Waals surface area contributed by atoms with Crippen molar-refractivity contribution in [2.45, 2.75) is 0 Å². The molecule has 1 aromatic heterocycles. The maximum atomic E-state index is 5.76. The van der Waals surface area contributed by atoms with E-state index in [1.54, 1.807) is 6.26 Å². The lowest BCUT2D eigenvalue weighted by Gasteiger charge is -1.97. The Morgan fingerprint density at radius 1 is 1.00 bits per heavy atom. The average Bonchev–Trinajstić information content (AvgIpc) is 2.88. The predicted molar refractivity (Wildman–Crippen MR) is 79.5 cm³/mol. The normalized spacial score (nSPS) is 10.6. The third-order valence-corrected chi connectivity index (χ3v) is 3.25.